The Morgan fingerprint density at radius 2 is 1.62 bits per heavy atom. The van der Waals surface area contributed by atoms with Crippen LogP contribution in [-0.4, -0.2) is 53.5 Å². The molecule has 5 rings (SSSR count). The number of hydrogen-bond donors (Lipinski definition) is 0. The highest BCUT2D eigenvalue weighted by Gasteiger charge is 2.57. The maximum Gasteiger partial charge on any atom is 0.327 e. The number of rotatable bonds is 1. The van der Waals surface area contributed by atoms with E-state index in [0.29, 0.717) is 11.3 Å². The Labute approximate surface area is 168 Å². The maximum absolute atomic E-state index is 13.4. The monoisotopic (exact) mass is 387 g/mol. The van der Waals surface area contributed by atoms with E-state index in [1.54, 1.807) is 7.05 Å². The number of benzene rings is 2. The minimum absolute atomic E-state index is 0.000637. The smallest absolute Gasteiger partial charge is 0.304 e. The Morgan fingerprint density at radius 1 is 0.897 bits per heavy atom. The number of amides is 3. The van der Waals surface area contributed by atoms with Gasteiger partial charge in [0, 0.05) is 31.1 Å². The number of nitrogens with zero attached hydrogens (tertiary/aromatic N) is 3. The summed E-state index contributed by atoms with van der Waals surface area (Å²) in [4.78, 5) is 46.7. The first-order valence-corrected chi connectivity index (χ1v) is 9.72. The summed E-state index contributed by atoms with van der Waals surface area (Å²) in [6, 6.07) is 15.0. The molecule has 6 nitrogen and oxygen atoms in total. The molecular formula is C23H21N3O3. The zero-order valence-electron chi connectivity index (χ0n) is 16.5. The number of carbonyl (C=O) groups excluding carboxylic acids is 3. The summed E-state index contributed by atoms with van der Waals surface area (Å²) < 4.78 is 0. The van der Waals surface area contributed by atoms with Crippen molar-refractivity contribution in [1.29, 1.82) is 0 Å². The summed E-state index contributed by atoms with van der Waals surface area (Å²) in [5.74, 6) is -1.78. The Morgan fingerprint density at radius 3 is 2.34 bits per heavy atom. The molecule has 1 fully saturated rings. The fourth-order valence-electron chi connectivity index (χ4n) is 5.03. The average Bonchev–Trinajstić information content (AvgIpc) is 3.01. The topological polar surface area (TPSA) is 70.0 Å². The van der Waals surface area contributed by atoms with E-state index in [4.69, 9.17) is 4.99 Å². The highest BCUT2D eigenvalue weighted by atomic mass is 16.2. The molecule has 1 saturated heterocycles. The van der Waals surface area contributed by atoms with Gasteiger partial charge < -0.3 is 4.90 Å². The van der Waals surface area contributed by atoms with Gasteiger partial charge in [-0.3, -0.25) is 19.5 Å². The van der Waals surface area contributed by atoms with Gasteiger partial charge in [-0.1, -0.05) is 54.1 Å². The van der Waals surface area contributed by atoms with Crippen LogP contribution < -0.4 is 0 Å². The second-order valence-corrected chi connectivity index (χ2v) is 8.07. The van der Waals surface area contributed by atoms with Crippen LogP contribution in [0.2, 0.25) is 0 Å². The molecule has 0 bridgehead atoms. The van der Waals surface area contributed by atoms with Gasteiger partial charge in [0.25, 0.3) is 0 Å². The minimum atomic E-state index is -0.623. The lowest BCUT2D eigenvalue weighted by Gasteiger charge is -2.47. The normalized spacial score (nSPS) is 28.1. The molecule has 146 valence electrons. The fraction of sp³-hybridized carbons (Fsp3) is 0.304. The number of aryl methyl sites for hydroxylation is 1. The van der Waals surface area contributed by atoms with Gasteiger partial charge in [0.15, 0.2) is 5.78 Å². The zero-order chi connectivity index (χ0) is 20.4. The van der Waals surface area contributed by atoms with E-state index in [1.807, 2.05) is 55.5 Å². The predicted molar refractivity (Wildman–Crippen MR) is 108 cm³/mol. The number of imide groups is 1. The van der Waals surface area contributed by atoms with Crippen molar-refractivity contribution in [2.24, 2.45) is 16.8 Å². The maximum atomic E-state index is 13.4. The average molecular weight is 387 g/mol. The SMILES string of the molecule is Cc1cccc(C2C3C(=O)c4ccccc4C3=NC3C2C(=O)N(C)C(=O)N3C)c1. The molecule has 0 radical (unpaired) electrons. The van der Waals surface area contributed by atoms with Crippen molar-refractivity contribution in [3.63, 3.8) is 0 Å². The third kappa shape index (κ3) is 2.35. The van der Waals surface area contributed by atoms with Crippen LogP contribution in [0.4, 0.5) is 4.79 Å². The molecule has 2 aromatic carbocycles. The molecule has 4 atom stereocenters. The Balaban J connectivity index is 1.77. The molecule has 1 aliphatic carbocycles. The quantitative estimate of drug-likeness (QED) is 0.756. The van der Waals surface area contributed by atoms with Gasteiger partial charge in [0.1, 0.15) is 6.17 Å². The number of hydrogen-bond acceptors (Lipinski definition) is 4. The van der Waals surface area contributed by atoms with E-state index in [1.165, 1.54) is 11.9 Å². The first-order valence-electron chi connectivity index (χ1n) is 9.72. The Kier molecular flexibility index (Phi) is 3.75. The van der Waals surface area contributed by atoms with Gasteiger partial charge >= 0.3 is 6.03 Å². The molecule has 2 heterocycles. The molecule has 29 heavy (non-hydrogen) atoms. The van der Waals surface area contributed by atoms with Crippen LogP contribution in [0.3, 0.4) is 0 Å². The first kappa shape index (κ1) is 17.8. The van der Waals surface area contributed by atoms with Crippen molar-refractivity contribution < 1.29 is 14.4 Å². The number of ketones is 1. The lowest BCUT2D eigenvalue weighted by Crippen LogP contribution is -2.62. The standard InChI is InChI=1S/C23H21N3O3/c1-12-7-6-8-13(11-12)16-17-19(14-9-4-5-10-15(14)20(17)27)24-21-18(16)22(28)26(3)23(29)25(21)2/h4-11,16-18,21H,1-3H3. The van der Waals surface area contributed by atoms with Gasteiger partial charge in [0.2, 0.25) is 5.91 Å². The van der Waals surface area contributed by atoms with Gasteiger partial charge in [-0.15, -0.1) is 0 Å². The third-order valence-electron chi connectivity index (χ3n) is 6.41. The third-order valence-corrected chi connectivity index (χ3v) is 6.41. The van der Waals surface area contributed by atoms with Gasteiger partial charge in [-0.25, -0.2) is 4.79 Å². The minimum Gasteiger partial charge on any atom is -0.304 e. The molecule has 0 aromatic heterocycles. The molecule has 3 aliphatic rings. The first-order chi connectivity index (χ1) is 13.9. The zero-order valence-corrected chi connectivity index (χ0v) is 16.5. The van der Waals surface area contributed by atoms with Crippen LogP contribution >= 0.6 is 0 Å². The van der Waals surface area contributed by atoms with Crippen LogP contribution in [-0.2, 0) is 4.79 Å². The van der Waals surface area contributed by atoms with Crippen molar-refractivity contribution in [3.8, 4) is 0 Å². The predicted octanol–water partition coefficient (Wildman–Crippen LogP) is 2.86. The summed E-state index contributed by atoms with van der Waals surface area (Å²) in [5, 5.41) is 0. The number of carbonyl (C=O) groups is 3. The highest BCUT2D eigenvalue weighted by Crippen LogP contribution is 2.48. The number of Topliss-reactive ketones (excluding diaryl/α,β-unsaturated/α-hetero) is 1. The Bertz CT molecular complexity index is 1110. The molecule has 0 N–H and O–H groups in total. The van der Waals surface area contributed by atoms with E-state index in [2.05, 4.69) is 0 Å². The molecule has 3 amide bonds. The van der Waals surface area contributed by atoms with Crippen molar-refractivity contribution in [2.45, 2.75) is 19.0 Å². The van der Waals surface area contributed by atoms with Crippen LogP contribution in [0.15, 0.2) is 53.5 Å². The van der Waals surface area contributed by atoms with E-state index >= 15 is 0 Å². The summed E-state index contributed by atoms with van der Waals surface area (Å²) in [6.07, 6.45) is -0.623. The van der Waals surface area contributed by atoms with Crippen LogP contribution in [0, 0.1) is 18.8 Å². The summed E-state index contributed by atoms with van der Waals surface area (Å²) in [7, 11) is 3.17. The summed E-state index contributed by atoms with van der Waals surface area (Å²) >= 11 is 0. The highest BCUT2D eigenvalue weighted by molar-refractivity contribution is 6.29. The number of aliphatic imine (C=N–C) groups is 1. The van der Waals surface area contributed by atoms with Crippen molar-refractivity contribution in [1.82, 2.24) is 9.80 Å². The molecule has 4 unspecified atom stereocenters. The van der Waals surface area contributed by atoms with Crippen LogP contribution in [0.25, 0.3) is 0 Å². The molecule has 0 spiro atoms. The van der Waals surface area contributed by atoms with Crippen molar-refractivity contribution in [3.05, 3.63) is 70.8 Å². The molecule has 6 heteroatoms. The van der Waals surface area contributed by atoms with E-state index in [-0.39, 0.29) is 23.6 Å². The lowest BCUT2D eigenvalue weighted by molar-refractivity contribution is -0.138. The number of urea groups is 1. The van der Waals surface area contributed by atoms with Crippen LogP contribution in [0.1, 0.15) is 33.0 Å². The van der Waals surface area contributed by atoms with Crippen molar-refractivity contribution in [2.75, 3.05) is 14.1 Å². The largest absolute Gasteiger partial charge is 0.327 e. The molecule has 2 aliphatic heterocycles. The second kappa shape index (κ2) is 6.11. The fourth-order valence-corrected chi connectivity index (χ4v) is 5.03. The van der Waals surface area contributed by atoms with E-state index in [9.17, 15) is 14.4 Å². The summed E-state index contributed by atoms with van der Waals surface area (Å²) in [6.45, 7) is 1.99. The van der Waals surface area contributed by atoms with Gasteiger partial charge in [-0.05, 0) is 12.5 Å². The van der Waals surface area contributed by atoms with E-state index in [0.717, 1.165) is 21.6 Å². The summed E-state index contributed by atoms with van der Waals surface area (Å²) in [5.41, 5.74) is 4.14. The molecule has 2 aromatic rings. The van der Waals surface area contributed by atoms with E-state index < -0.39 is 18.0 Å². The van der Waals surface area contributed by atoms with Crippen molar-refractivity contribution >= 4 is 23.4 Å². The molecule has 0 saturated carbocycles. The molecular weight excluding hydrogens is 366 g/mol. The lowest BCUT2D eigenvalue weighted by atomic mass is 9.69. The number of fused-ring (bicyclic) bond motifs is 4. The van der Waals surface area contributed by atoms with Gasteiger partial charge in [-0.2, -0.15) is 0 Å². The van der Waals surface area contributed by atoms with Crippen LogP contribution in [0.5, 0.6) is 0 Å². The van der Waals surface area contributed by atoms with Gasteiger partial charge in [0.05, 0.1) is 17.5 Å². The Hall–Kier alpha value is -3.28. The second-order valence-electron chi connectivity index (χ2n) is 8.07.